The Morgan fingerprint density at radius 2 is 2.27 bits per heavy atom. The van der Waals surface area contributed by atoms with Crippen LogP contribution < -0.4 is 0 Å². The van der Waals surface area contributed by atoms with E-state index >= 15 is 0 Å². The van der Waals surface area contributed by atoms with Crippen molar-refractivity contribution in [2.45, 2.75) is 37.5 Å². The quantitative estimate of drug-likeness (QED) is 0.745. The van der Waals surface area contributed by atoms with E-state index in [0.29, 0.717) is 25.0 Å². The molecule has 1 aliphatic rings. The second kappa shape index (κ2) is 3.45. The number of rotatable bonds is 4. The lowest BCUT2D eigenvalue weighted by Crippen LogP contribution is -2.21. The monoisotopic (exact) mass is 249 g/mol. The Labute approximate surface area is 92.8 Å². The molecule has 0 aliphatic heterocycles. The molecule has 7 heteroatoms. The van der Waals surface area contributed by atoms with Gasteiger partial charge >= 0.3 is 0 Å². The fourth-order valence-corrected chi connectivity index (χ4v) is 3.09. The highest BCUT2D eigenvalue weighted by Gasteiger charge is 2.54. The zero-order valence-electron chi connectivity index (χ0n) is 8.35. The van der Waals surface area contributed by atoms with Gasteiger partial charge in [-0.2, -0.15) is 0 Å². The molecular formula is C8H12ClN3O2S. The van der Waals surface area contributed by atoms with Crippen LogP contribution in [0, 0.1) is 0 Å². The summed E-state index contributed by atoms with van der Waals surface area (Å²) in [6, 6.07) is 0. The first-order valence-electron chi connectivity index (χ1n) is 4.80. The Bertz CT molecular complexity index is 464. The van der Waals surface area contributed by atoms with E-state index in [9.17, 15) is 8.42 Å². The van der Waals surface area contributed by atoms with Gasteiger partial charge < -0.3 is 0 Å². The molecule has 15 heavy (non-hydrogen) atoms. The van der Waals surface area contributed by atoms with Crippen molar-refractivity contribution in [2.24, 2.45) is 0 Å². The van der Waals surface area contributed by atoms with E-state index in [-0.39, 0.29) is 0 Å². The molecule has 1 heterocycles. The van der Waals surface area contributed by atoms with E-state index in [1.54, 1.807) is 10.9 Å². The second-order valence-electron chi connectivity index (χ2n) is 3.86. The SMILES string of the molecule is CCn1cc(CC2(S(=O)(=O)Cl)CC2)nn1. The molecule has 1 aromatic rings. The van der Waals surface area contributed by atoms with Crippen LogP contribution in [0.5, 0.6) is 0 Å². The van der Waals surface area contributed by atoms with Crippen molar-refractivity contribution in [3.05, 3.63) is 11.9 Å². The molecule has 5 nitrogen and oxygen atoms in total. The predicted octanol–water partition coefficient (Wildman–Crippen LogP) is 0.942. The Balaban J connectivity index is 2.16. The summed E-state index contributed by atoms with van der Waals surface area (Å²) >= 11 is 0. The molecule has 0 aromatic carbocycles. The van der Waals surface area contributed by atoms with Gasteiger partial charge in [-0.3, -0.25) is 4.68 Å². The van der Waals surface area contributed by atoms with Gasteiger partial charge in [-0.15, -0.1) is 5.10 Å². The lowest BCUT2D eigenvalue weighted by Gasteiger charge is -2.07. The third kappa shape index (κ3) is 2.01. The normalized spacial score (nSPS) is 19.1. The number of hydrogen-bond donors (Lipinski definition) is 0. The van der Waals surface area contributed by atoms with Gasteiger partial charge in [0.25, 0.3) is 0 Å². The van der Waals surface area contributed by atoms with E-state index in [1.807, 2.05) is 6.92 Å². The van der Waals surface area contributed by atoms with Gasteiger partial charge in [0.15, 0.2) is 0 Å². The molecule has 1 saturated carbocycles. The Kier molecular flexibility index (Phi) is 2.50. The minimum absolute atomic E-state index is 0.374. The van der Waals surface area contributed by atoms with E-state index in [1.165, 1.54) is 0 Å². The first-order valence-corrected chi connectivity index (χ1v) is 7.11. The zero-order valence-corrected chi connectivity index (χ0v) is 9.92. The van der Waals surface area contributed by atoms with Gasteiger partial charge in [0.2, 0.25) is 9.05 Å². The molecule has 0 amide bonds. The average Bonchev–Trinajstić information content (AvgIpc) is 2.78. The van der Waals surface area contributed by atoms with Crippen LogP contribution in [0.4, 0.5) is 0 Å². The molecule has 0 radical (unpaired) electrons. The molecular weight excluding hydrogens is 238 g/mol. The van der Waals surface area contributed by atoms with Crippen molar-refractivity contribution in [3.8, 4) is 0 Å². The van der Waals surface area contributed by atoms with Crippen LogP contribution in [-0.4, -0.2) is 28.2 Å². The highest BCUT2D eigenvalue weighted by atomic mass is 35.7. The number of nitrogens with zero attached hydrogens (tertiary/aromatic N) is 3. The number of aromatic nitrogens is 3. The average molecular weight is 250 g/mol. The second-order valence-corrected chi connectivity index (χ2v) is 6.82. The highest BCUT2D eigenvalue weighted by molar-refractivity contribution is 8.15. The van der Waals surface area contributed by atoms with Crippen LogP contribution in [0.2, 0.25) is 0 Å². The highest BCUT2D eigenvalue weighted by Crippen LogP contribution is 2.47. The summed E-state index contributed by atoms with van der Waals surface area (Å²) in [5, 5.41) is 7.77. The van der Waals surface area contributed by atoms with Crippen LogP contribution >= 0.6 is 10.7 Å². The number of aryl methyl sites for hydroxylation is 1. The third-order valence-corrected chi connectivity index (χ3v) is 5.31. The maximum atomic E-state index is 11.3. The van der Waals surface area contributed by atoms with Crippen molar-refractivity contribution in [2.75, 3.05) is 0 Å². The largest absolute Gasteiger partial charge is 0.253 e. The minimum atomic E-state index is -3.49. The van der Waals surface area contributed by atoms with Crippen molar-refractivity contribution in [1.29, 1.82) is 0 Å². The van der Waals surface area contributed by atoms with Crippen molar-refractivity contribution < 1.29 is 8.42 Å². The summed E-state index contributed by atoms with van der Waals surface area (Å²) in [4.78, 5) is 0. The molecule has 0 N–H and O–H groups in total. The Morgan fingerprint density at radius 1 is 1.60 bits per heavy atom. The molecule has 0 unspecified atom stereocenters. The van der Waals surface area contributed by atoms with E-state index in [4.69, 9.17) is 10.7 Å². The smallest absolute Gasteiger partial charge is 0.238 e. The molecule has 0 atom stereocenters. The molecule has 84 valence electrons. The summed E-state index contributed by atoms with van der Waals surface area (Å²) in [5.74, 6) is 0. The molecule has 0 saturated heterocycles. The van der Waals surface area contributed by atoms with Crippen molar-refractivity contribution >= 4 is 19.7 Å². The first kappa shape index (κ1) is 10.9. The van der Waals surface area contributed by atoms with Crippen LogP contribution in [0.15, 0.2) is 6.20 Å². The topological polar surface area (TPSA) is 64.8 Å². The van der Waals surface area contributed by atoms with E-state index < -0.39 is 13.8 Å². The van der Waals surface area contributed by atoms with Crippen LogP contribution in [0.3, 0.4) is 0 Å². The molecule has 0 bridgehead atoms. The van der Waals surface area contributed by atoms with Gasteiger partial charge in [-0.25, -0.2) is 8.42 Å². The lowest BCUT2D eigenvalue weighted by atomic mass is 10.2. The maximum absolute atomic E-state index is 11.3. The summed E-state index contributed by atoms with van der Waals surface area (Å²) in [7, 11) is 1.90. The standard InChI is InChI=1S/C8H12ClN3O2S/c1-2-12-6-7(10-11-12)5-8(3-4-8)15(9,13)14/h6H,2-5H2,1H3. The van der Waals surface area contributed by atoms with Gasteiger partial charge in [-0.05, 0) is 19.8 Å². The Hall–Kier alpha value is -0.620. The van der Waals surface area contributed by atoms with Gasteiger partial charge in [0.05, 0.1) is 10.4 Å². The Morgan fingerprint density at radius 3 is 2.67 bits per heavy atom. The molecule has 2 rings (SSSR count). The van der Waals surface area contributed by atoms with Crippen molar-refractivity contribution in [1.82, 2.24) is 15.0 Å². The van der Waals surface area contributed by atoms with Crippen molar-refractivity contribution in [3.63, 3.8) is 0 Å². The molecule has 1 aliphatic carbocycles. The molecule has 1 fully saturated rings. The molecule has 1 aromatic heterocycles. The van der Waals surface area contributed by atoms with Gasteiger partial charge in [0, 0.05) is 29.8 Å². The summed E-state index contributed by atoms with van der Waals surface area (Å²) in [6.07, 6.45) is 3.39. The third-order valence-electron chi connectivity index (χ3n) is 2.74. The first-order chi connectivity index (χ1) is 6.97. The summed E-state index contributed by atoms with van der Waals surface area (Å²) < 4.78 is 23.5. The van der Waals surface area contributed by atoms with E-state index in [0.717, 1.165) is 6.54 Å². The fraction of sp³-hybridized carbons (Fsp3) is 0.750. The van der Waals surface area contributed by atoms with Gasteiger partial charge in [-0.1, -0.05) is 5.21 Å². The van der Waals surface area contributed by atoms with Crippen LogP contribution in [-0.2, 0) is 22.0 Å². The predicted molar refractivity (Wildman–Crippen MR) is 56.1 cm³/mol. The maximum Gasteiger partial charge on any atom is 0.238 e. The fourth-order valence-electron chi connectivity index (χ4n) is 1.55. The van der Waals surface area contributed by atoms with E-state index in [2.05, 4.69) is 10.3 Å². The van der Waals surface area contributed by atoms with Crippen LogP contribution in [0.25, 0.3) is 0 Å². The lowest BCUT2D eigenvalue weighted by molar-refractivity contribution is 0.588. The number of halogens is 1. The zero-order chi connectivity index (χ0) is 11.1. The molecule has 0 spiro atoms. The van der Waals surface area contributed by atoms with Crippen LogP contribution in [0.1, 0.15) is 25.5 Å². The summed E-state index contributed by atoms with van der Waals surface area (Å²) in [5.41, 5.74) is 0.693. The number of hydrogen-bond acceptors (Lipinski definition) is 4. The summed E-state index contributed by atoms with van der Waals surface area (Å²) in [6.45, 7) is 2.68. The minimum Gasteiger partial charge on any atom is -0.253 e. The van der Waals surface area contributed by atoms with Gasteiger partial charge in [0.1, 0.15) is 0 Å².